The van der Waals surface area contributed by atoms with Crippen LogP contribution in [-0.2, 0) is 4.74 Å². The summed E-state index contributed by atoms with van der Waals surface area (Å²) in [7, 11) is 1.41. The molecule has 1 fully saturated rings. The summed E-state index contributed by atoms with van der Waals surface area (Å²) in [6.45, 7) is 4.62. The Kier molecular flexibility index (Phi) is 5.05. The third-order valence-corrected chi connectivity index (χ3v) is 4.31. The molecule has 1 aliphatic carbocycles. The molecule has 0 radical (unpaired) electrons. The second kappa shape index (κ2) is 6.78. The lowest BCUT2D eigenvalue weighted by Gasteiger charge is -2.32. The van der Waals surface area contributed by atoms with E-state index in [1.54, 1.807) is 6.07 Å². The van der Waals surface area contributed by atoms with Crippen molar-refractivity contribution in [2.75, 3.05) is 12.4 Å². The van der Waals surface area contributed by atoms with Gasteiger partial charge in [0.2, 0.25) is 0 Å². The third-order valence-electron chi connectivity index (χ3n) is 4.31. The summed E-state index contributed by atoms with van der Waals surface area (Å²) in [6.07, 6.45) is 5.07. The van der Waals surface area contributed by atoms with Crippen molar-refractivity contribution in [3.8, 4) is 0 Å². The van der Waals surface area contributed by atoms with Gasteiger partial charge in [0.1, 0.15) is 0 Å². The number of hydrogen-bond acceptors (Lipinski definition) is 3. The smallest absolute Gasteiger partial charge is 0.337 e. The summed E-state index contributed by atoms with van der Waals surface area (Å²) in [5.41, 5.74) is 1.62. The van der Waals surface area contributed by atoms with E-state index < -0.39 is 0 Å². The van der Waals surface area contributed by atoms with Gasteiger partial charge in [0.25, 0.3) is 0 Å². The SMILES string of the molecule is COC(=O)c1cccc(NC2CCCC(C(C)C)C2)c1. The quantitative estimate of drug-likeness (QED) is 0.841. The first-order valence-corrected chi connectivity index (χ1v) is 7.55. The average Bonchev–Trinajstić information content (AvgIpc) is 2.47. The molecule has 1 N–H and O–H groups in total. The molecule has 110 valence electrons. The standard InChI is InChI=1S/C17H25NO2/c1-12(2)13-6-4-8-15(10-13)18-16-9-5-7-14(11-16)17(19)20-3/h5,7,9,11-13,15,18H,4,6,8,10H2,1-3H3. The molecule has 3 nitrogen and oxygen atoms in total. The summed E-state index contributed by atoms with van der Waals surface area (Å²) in [5, 5.41) is 3.58. The molecule has 0 heterocycles. The van der Waals surface area contributed by atoms with Gasteiger partial charge in [0.05, 0.1) is 12.7 Å². The van der Waals surface area contributed by atoms with E-state index in [0.717, 1.165) is 17.5 Å². The molecule has 2 rings (SSSR count). The Morgan fingerprint density at radius 1 is 1.35 bits per heavy atom. The molecule has 1 aliphatic rings. The number of nitrogens with one attached hydrogen (secondary N) is 1. The molecule has 2 atom stereocenters. The first-order chi connectivity index (χ1) is 9.60. The van der Waals surface area contributed by atoms with Gasteiger partial charge in [-0.05, 0) is 42.9 Å². The van der Waals surface area contributed by atoms with E-state index in [2.05, 4.69) is 19.2 Å². The van der Waals surface area contributed by atoms with Crippen LogP contribution < -0.4 is 5.32 Å². The maximum Gasteiger partial charge on any atom is 0.337 e. The predicted octanol–water partition coefficient (Wildman–Crippen LogP) is 4.10. The number of methoxy groups -OCH3 is 1. The van der Waals surface area contributed by atoms with Gasteiger partial charge in [0, 0.05) is 11.7 Å². The maximum absolute atomic E-state index is 11.5. The summed E-state index contributed by atoms with van der Waals surface area (Å²) in [5.74, 6) is 1.28. The summed E-state index contributed by atoms with van der Waals surface area (Å²) < 4.78 is 4.76. The highest BCUT2D eigenvalue weighted by Gasteiger charge is 2.24. The highest BCUT2D eigenvalue weighted by Crippen LogP contribution is 2.31. The second-order valence-electron chi connectivity index (χ2n) is 6.08. The number of hydrogen-bond donors (Lipinski definition) is 1. The van der Waals surface area contributed by atoms with E-state index in [0.29, 0.717) is 11.6 Å². The normalized spacial score (nSPS) is 22.6. The van der Waals surface area contributed by atoms with E-state index in [1.807, 2.05) is 18.2 Å². The number of rotatable bonds is 4. The number of benzene rings is 1. The van der Waals surface area contributed by atoms with Crippen LogP contribution in [0.2, 0.25) is 0 Å². The Labute approximate surface area is 121 Å². The highest BCUT2D eigenvalue weighted by atomic mass is 16.5. The molecule has 1 saturated carbocycles. The molecular formula is C17H25NO2. The second-order valence-corrected chi connectivity index (χ2v) is 6.08. The van der Waals surface area contributed by atoms with Gasteiger partial charge in [-0.1, -0.05) is 32.8 Å². The largest absolute Gasteiger partial charge is 0.465 e. The Morgan fingerprint density at radius 3 is 2.85 bits per heavy atom. The molecule has 0 spiro atoms. The van der Waals surface area contributed by atoms with E-state index in [1.165, 1.54) is 32.8 Å². The molecule has 0 aliphatic heterocycles. The van der Waals surface area contributed by atoms with Gasteiger partial charge < -0.3 is 10.1 Å². The number of ether oxygens (including phenoxy) is 1. The van der Waals surface area contributed by atoms with Crippen LogP contribution in [0.3, 0.4) is 0 Å². The van der Waals surface area contributed by atoms with Crippen molar-refractivity contribution in [2.24, 2.45) is 11.8 Å². The minimum atomic E-state index is -0.280. The fraction of sp³-hybridized carbons (Fsp3) is 0.588. The average molecular weight is 275 g/mol. The van der Waals surface area contributed by atoms with Gasteiger partial charge in [0.15, 0.2) is 0 Å². The third kappa shape index (κ3) is 3.75. The summed E-state index contributed by atoms with van der Waals surface area (Å²) in [4.78, 5) is 11.5. The van der Waals surface area contributed by atoms with E-state index in [9.17, 15) is 4.79 Å². The number of esters is 1. The Balaban J connectivity index is 2.01. The van der Waals surface area contributed by atoms with Crippen molar-refractivity contribution in [3.63, 3.8) is 0 Å². The Hall–Kier alpha value is -1.51. The van der Waals surface area contributed by atoms with Crippen LogP contribution in [0.25, 0.3) is 0 Å². The molecule has 3 heteroatoms. The van der Waals surface area contributed by atoms with Crippen LogP contribution in [0.4, 0.5) is 5.69 Å². The lowest BCUT2D eigenvalue weighted by molar-refractivity contribution is 0.0601. The zero-order valence-corrected chi connectivity index (χ0v) is 12.7. The molecule has 0 bridgehead atoms. The minimum Gasteiger partial charge on any atom is -0.465 e. The van der Waals surface area contributed by atoms with Crippen LogP contribution in [-0.4, -0.2) is 19.1 Å². The molecule has 1 aromatic carbocycles. The monoisotopic (exact) mass is 275 g/mol. The van der Waals surface area contributed by atoms with Crippen molar-refractivity contribution < 1.29 is 9.53 Å². The van der Waals surface area contributed by atoms with Crippen LogP contribution in [0, 0.1) is 11.8 Å². The minimum absolute atomic E-state index is 0.280. The predicted molar refractivity (Wildman–Crippen MR) is 82.0 cm³/mol. The molecule has 1 aromatic rings. The maximum atomic E-state index is 11.5. The lowest BCUT2D eigenvalue weighted by atomic mass is 9.79. The van der Waals surface area contributed by atoms with E-state index >= 15 is 0 Å². The van der Waals surface area contributed by atoms with E-state index in [4.69, 9.17) is 4.74 Å². The lowest BCUT2D eigenvalue weighted by Crippen LogP contribution is -2.29. The zero-order valence-electron chi connectivity index (χ0n) is 12.7. The molecule has 0 aromatic heterocycles. The van der Waals surface area contributed by atoms with Crippen molar-refractivity contribution >= 4 is 11.7 Å². The van der Waals surface area contributed by atoms with Gasteiger partial charge in [-0.25, -0.2) is 4.79 Å². The van der Waals surface area contributed by atoms with Crippen molar-refractivity contribution in [3.05, 3.63) is 29.8 Å². The molecule has 20 heavy (non-hydrogen) atoms. The van der Waals surface area contributed by atoms with Crippen molar-refractivity contribution in [1.29, 1.82) is 0 Å². The zero-order chi connectivity index (χ0) is 14.5. The van der Waals surface area contributed by atoms with Crippen LogP contribution >= 0.6 is 0 Å². The molecule has 0 amide bonds. The first kappa shape index (κ1) is 14.9. The van der Waals surface area contributed by atoms with Gasteiger partial charge in [-0.2, -0.15) is 0 Å². The van der Waals surface area contributed by atoms with Crippen molar-refractivity contribution in [1.82, 2.24) is 0 Å². The number of anilines is 1. The summed E-state index contributed by atoms with van der Waals surface area (Å²) in [6, 6.07) is 8.10. The van der Waals surface area contributed by atoms with Gasteiger partial charge in [-0.15, -0.1) is 0 Å². The molecule has 0 saturated heterocycles. The first-order valence-electron chi connectivity index (χ1n) is 7.55. The fourth-order valence-electron chi connectivity index (χ4n) is 3.05. The van der Waals surface area contributed by atoms with Crippen LogP contribution in [0.15, 0.2) is 24.3 Å². The Bertz CT molecular complexity index is 456. The number of carbonyl (C=O) groups is 1. The van der Waals surface area contributed by atoms with E-state index in [-0.39, 0.29) is 5.97 Å². The highest BCUT2D eigenvalue weighted by molar-refractivity contribution is 5.90. The topological polar surface area (TPSA) is 38.3 Å². The summed E-state index contributed by atoms with van der Waals surface area (Å²) >= 11 is 0. The Morgan fingerprint density at radius 2 is 2.15 bits per heavy atom. The van der Waals surface area contributed by atoms with Crippen LogP contribution in [0.5, 0.6) is 0 Å². The van der Waals surface area contributed by atoms with Gasteiger partial charge >= 0.3 is 5.97 Å². The van der Waals surface area contributed by atoms with Crippen molar-refractivity contribution in [2.45, 2.75) is 45.6 Å². The molecule has 2 unspecified atom stereocenters. The fourth-order valence-corrected chi connectivity index (χ4v) is 3.05. The van der Waals surface area contributed by atoms with Crippen LogP contribution in [0.1, 0.15) is 49.9 Å². The number of carbonyl (C=O) groups excluding carboxylic acids is 1. The van der Waals surface area contributed by atoms with Gasteiger partial charge in [-0.3, -0.25) is 0 Å². The molecular weight excluding hydrogens is 250 g/mol.